The van der Waals surface area contributed by atoms with E-state index in [-0.39, 0.29) is 29.0 Å². The maximum Gasteiger partial charge on any atom is 0.342 e. The van der Waals surface area contributed by atoms with Crippen LogP contribution in [0.5, 0.6) is 17.2 Å². The Morgan fingerprint density at radius 2 is 2.05 bits per heavy atom. The molecule has 3 N–H and O–H groups in total. The molecule has 122 valence electrons. The molecule has 0 aromatic heterocycles. The summed E-state index contributed by atoms with van der Waals surface area (Å²) in [7, 11) is 2.71. The number of fused-ring (bicyclic) bond motifs is 1. The average molecular weight is 312 g/mol. The molecular weight excluding hydrogens is 292 g/mol. The molecule has 22 heavy (non-hydrogen) atoms. The third kappa shape index (κ3) is 2.69. The van der Waals surface area contributed by atoms with E-state index in [1.165, 1.54) is 20.3 Å². The summed E-state index contributed by atoms with van der Waals surface area (Å²) in [6.45, 7) is 1.79. The molecule has 0 aliphatic carbocycles. The molecule has 7 heteroatoms. The monoisotopic (exact) mass is 312 g/mol. The fraction of sp³-hybridized carbons (Fsp3) is 0.533. The van der Waals surface area contributed by atoms with Crippen LogP contribution in [0.15, 0.2) is 6.07 Å². The van der Waals surface area contributed by atoms with Crippen LogP contribution in [0.1, 0.15) is 41.8 Å². The Kier molecular flexibility index (Phi) is 4.77. The van der Waals surface area contributed by atoms with Crippen LogP contribution in [0.4, 0.5) is 0 Å². The summed E-state index contributed by atoms with van der Waals surface area (Å²) >= 11 is 0. The number of ether oxygens (including phenoxy) is 3. The van der Waals surface area contributed by atoms with Crippen LogP contribution in [0.2, 0.25) is 0 Å². The molecule has 1 heterocycles. The maximum atomic E-state index is 12.1. The summed E-state index contributed by atoms with van der Waals surface area (Å²) in [4.78, 5) is 12.1. The molecule has 0 unspecified atom stereocenters. The number of aliphatic hydroxyl groups excluding tert-OH is 2. The van der Waals surface area contributed by atoms with Gasteiger partial charge in [-0.2, -0.15) is 0 Å². The highest BCUT2D eigenvalue weighted by atomic mass is 16.6. The van der Waals surface area contributed by atoms with Crippen LogP contribution >= 0.6 is 0 Å². The lowest BCUT2D eigenvalue weighted by molar-refractivity contribution is -0.0479. The minimum absolute atomic E-state index is 0.00237. The summed E-state index contributed by atoms with van der Waals surface area (Å²) in [6, 6.07) is 1.43. The summed E-state index contributed by atoms with van der Waals surface area (Å²) in [5.74, 6) is -1.01. The number of aromatic hydroxyl groups is 1. The molecule has 0 saturated carbocycles. The molecule has 2 rings (SSSR count). The first-order chi connectivity index (χ1) is 10.4. The van der Waals surface area contributed by atoms with Gasteiger partial charge in [-0.1, -0.05) is 6.92 Å². The third-order valence-electron chi connectivity index (χ3n) is 3.78. The first-order valence-electron chi connectivity index (χ1n) is 6.99. The minimum atomic E-state index is -1.17. The molecule has 0 fully saturated rings. The van der Waals surface area contributed by atoms with Crippen LogP contribution in [-0.4, -0.2) is 47.7 Å². The highest BCUT2D eigenvalue weighted by Gasteiger charge is 2.39. The third-order valence-corrected chi connectivity index (χ3v) is 3.78. The van der Waals surface area contributed by atoms with Crippen LogP contribution in [0.25, 0.3) is 0 Å². The summed E-state index contributed by atoms with van der Waals surface area (Å²) < 4.78 is 15.3. The second kappa shape index (κ2) is 6.41. The van der Waals surface area contributed by atoms with Gasteiger partial charge in [-0.25, -0.2) is 4.79 Å². The molecule has 0 radical (unpaired) electrons. The first-order valence-corrected chi connectivity index (χ1v) is 6.99. The lowest BCUT2D eigenvalue weighted by Crippen LogP contribution is -2.35. The lowest BCUT2D eigenvalue weighted by atomic mass is 9.91. The smallest absolute Gasteiger partial charge is 0.342 e. The fourth-order valence-corrected chi connectivity index (χ4v) is 2.52. The number of carbonyl (C=O) groups excluding carboxylic acids is 1. The molecule has 0 spiro atoms. The Morgan fingerprint density at radius 3 is 2.59 bits per heavy atom. The van der Waals surface area contributed by atoms with Crippen molar-refractivity contribution in [3.8, 4) is 17.2 Å². The topological polar surface area (TPSA) is 105 Å². The van der Waals surface area contributed by atoms with Gasteiger partial charge in [0.1, 0.15) is 17.8 Å². The molecule has 1 aliphatic heterocycles. The van der Waals surface area contributed by atoms with Gasteiger partial charge in [-0.15, -0.1) is 0 Å². The molecule has 1 aromatic rings. The van der Waals surface area contributed by atoms with E-state index in [2.05, 4.69) is 0 Å². The van der Waals surface area contributed by atoms with Gasteiger partial charge in [0.2, 0.25) is 5.75 Å². The van der Waals surface area contributed by atoms with Gasteiger partial charge in [-0.3, -0.25) is 0 Å². The number of rotatable bonds is 5. The molecule has 3 atom stereocenters. The summed E-state index contributed by atoms with van der Waals surface area (Å²) in [6.07, 6.45) is -2.15. The zero-order valence-electron chi connectivity index (χ0n) is 12.7. The van der Waals surface area contributed by atoms with Crippen molar-refractivity contribution in [1.29, 1.82) is 0 Å². The number of esters is 1. The predicted octanol–water partition coefficient (Wildman–Crippen LogP) is 1.14. The second-order valence-corrected chi connectivity index (χ2v) is 5.11. The van der Waals surface area contributed by atoms with Crippen LogP contribution < -0.4 is 9.47 Å². The van der Waals surface area contributed by atoms with Gasteiger partial charge >= 0.3 is 5.97 Å². The van der Waals surface area contributed by atoms with Crippen molar-refractivity contribution < 1.29 is 34.3 Å². The number of phenols is 1. The van der Waals surface area contributed by atoms with E-state index in [1.807, 2.05) is 0 Å². The van der Waals surface area contributed by atoms with Gasteiger partial charge in [0.25, 0.3) is 0 Å². The molecule has 1 aliphatic rings. The Hall–Kier alpha value is -1.99. The van der Waals surface area contributed by atoms with Crippen molar-refractivity contribution in [1.82, 2.24) is 0 Å². The number of benzene rings is 1. The van der Waals surface area contributed by atoms with Crippen LogP contribution in [0, 0.1) is 0 Å². The number of cyclic esters (lactones) is 1. The molecule has 7 nitrogen and oxygen atoms in total. The van der Waals surface area contributed by atoms with E-state index in [0.29, 0.717) is 6.42 Å². The lowest BCUT2D eigenvalue weighted by Gasteiger charge is -2.31. The number of aliphatic hydroxyl groups is 2. The Balaban J connectivity index is 2.48. The standard InChI is InChI=1S/C15H20O7/c1-4-7(16)5-9-12(17)8-6-10(20-2)14(21-3)13(18)11(8)15(19)22-9/h6-7,9,12,16-18H,4-5H2,1-3H3/t7-,9-,12-/m1/s1. The van der Waals surface area contributed by atoms with E-state index < -0.39 is 30.0 Å². The van der Waals surface area contributed by atoms with E-state index in [1.54, 1.807) is 6.92 Å². The van der Waals surface area contributed by atoms with Crippen LogP contribution in [0.3, 0.4) is 0 Å². The number of methoxy groups -OCH3 is 2. The van der Waals surface area contributed by atoms with Gasteiger partial charge in [0.15, 0.2) is 11.5 Å². The Bertz CT molecular complexity index is 569. The van der Waals surface area contributed by atoms with Crippen molar-refractivity contribution in [2.24, 2.45) is 0 Å². The molecule has 1 aromatic carbocycles. The maximum absolute atomic E-state index is 12.1. The van der Waals surface area contributed by atoms with Crippen molar-refractivity contribution in [3.05, 3.63) is 17.2 Å². The van der Waals surface area contributed by atoms with Crippen LogP contribution in [-0.2, 0) is 4.74 Å². The van der Waals surface area contributed by atoms with Gasteiger partial charge in [0.05, 0.1) is 20.3 Å². The minimum Gasteiger partial charge on any atom is -0.504 e. The van der Waals surface area contributed by atoms with Crippen molar-refractivity contribution in [2.45, 2.75) is 38.1 Å². The SMILES string of the molecule is CC[C@@H](O)C[C@H]1OC(=O)c2c(cc(OC)c(OC)c2O)[C@H]1O. The molecule has 0 bridgehead atoms. The fourth-order valence-electron chi connectivity index (χ4n) is 2.52. The number of phenolic OH excluding ortho intramolecular Hbond substituents is 1. The van der Waals surface area contributed by atoms with Crippen molar-refractivity contribution in [3.63, 3.8) is 0 Å². The van der Waals surface area contributed by atoms with Crippen molar-refractivity contribution in [2.75, 3.05) is 14.2 Å². The highest BCUT2D eigenvalue weighted by Crippen LogP contribution is 2.46. The normalized spacial score (nSPS) is 21.8. The van der Waals surface area contributed by atoms with Crippen molar-refractivity contribution >= 4 is 5.97 Å². The average Bonchev–Trinajstić information content (AvgIpc) is 2.50. The zero-order valence-corrected chi connectivity index (χ0v) is 12.7. The zero-order chi connectivity index (χ0) is 16.4. The molecule has 0 amide bonds. The first kappa shape index (κ1) is 16.4. The number of hydrogen-bond acceptors (Lipinski definition) is 7. The van der Waals surface area contributed by atoms with E-state index in [4.69, 9.17) is 14.2 Å². The Labute approximate surface area is 128 Å². The largest absolute Gasteiger partial charge is 0.504 e. The van der Waals surface area contributed by atoms with E-state index in [9.17, 15) is 20.1 Å². The number of hydrogen-bond donors (Lipinski definition) is 3. The Morgan fingerprint density at radius 1 is 1.36 bits per heavy atom. The second-order valence-electron chi connectivity index (χ2n) is 5.11. The summed E-state index contributed by atoms with van der Waals surface area (Å²) in [5.41, 5.74) is 0.0482. The van der Waals surface area contributed by atoms with Gasteiger partial charge in [0, 0.05) is 12.0 Å². The molecular formula is C15H20O7. The highest BCUT2D eigenvalue weighted by molar-refractivity contribution is 5.97. The predicted molar refractivity (Wildman–Crippen MR) is 76.3 cm³/mol. The molecule has 0 saturated heterocycles. The van der Waals surface area contributed by atoms with E-state index in [0.717, 1.165) is 0 Å². The van der Waals surface area contributed by atoms with E-state index >= 15 is 0 Å². The quantitative estimate of drug-likeness (QED) is 0.700. The van der Waals surface area contributed by atoms with Gasteiger partial charge in [-0.05, 0) is 12.5 Å². The van der Waals surface area contributed by atoms with Gasteiger partial charge < -0.3 is 29.5 Å². The summed E-state index contributed by atoms with van der Waals surface area (Å²) in [5, 5.41) is 30.3. The number of carbonyl (C=O) groups is 1.